The van der Waals surface area contributed by atoms with Crippen molar-refractivity contribution in [2.75, 3.05) is 33.8 Å². The second-order valence-corrected chi connectivity index (χ2v) is 16.3. The van der Waals surface area contributed by atoms with Crippen LogP contribution in [-0.2, 0) is 14.8 Å². The highest BCUT2D eigenvalue weighted by Crippen LogP contribution is 2.36. The van der Waals surface area contributed by atoms with E-state index in [-0.39, 0.29) is 17.1 Å². The van der Waals surface area contributed by atoms with Crippen molar-refractivity contribution in [1.29, 1.82) is 0 Å². The Labute approximate surface area is 305 Å². The number of fused-ring (bicyclic) bond motifs is 1. The SMILES string of the molecule is CCCCCCCCCCCCS(=O)(=O)Nc1ccc(NC(C)=O)cc1-c1nnc2n1N=C(C(C)(C)C)/C2=N/c1ccc(N(CC)CC)cc1C. The highest BCUT2D eigenvalue weighted by molar-refractivity contribution is 7.92. The average molecular weight is 719 g/mol. The first kappa shape index (κ1) is 39.7. The number of unbranched alkanes of at least 4 members (excludes halogenated alkanes) is 9. The summed E-state index contributed by atoms with van der Waals surface area (Å²) in [6.45, 7) is 18.0. The standard InChI is InChI=1S/C39H58N8O3S/c1-9-12-13-14-15-16-17-18-19-20-25-51(49,50)45-34-23-21-30(40-29(5)48)27-32(34)37-42-43-38-35(36(39(6,7)8)44-47(37)38)41-33-24-22-31(26-28(33)4)46(10-2)11-3/h21-24,26-27,45H,9-20,25H2,1-8H3,(H,40,48)/b41-35-. The summed E-state index contributed by atoms with van der Waals surface area (Å²) in [5.41, 5.74) is 5.24. The predicted molar refractivity (Wildman–Crippen MR) is 212 cm³/mol. The number of amides is 1. The van der Waals surface area contributed by atoms with Crippen molar-refractivity contribution in [3.63, 3.8) is 0 Å². The number of anilines is 3. The quantitative estimate of drug-likeness (QED) is 0.119. The molecule has 51 heavy (non-hydrogen) atoms. The van der Waals surface area contributed by atoms with Crippen LogP contribution < -0.4 is 14.9 Å². The molecule has 1 aliphatic rings. The van der Waals surface area contributed by atoms with Crippen LogP contribution in [0, 0.1) is 12.3 Å². The van der Waals surface area contributed by atoms with Gasteiger partial charge in [-0.25, -0.2) is 13.4 Å². The van der Waals surface area contributed by atoms with Crippen LogP contribution in [0.5, 0.6) is 0 Å². The predicted octanol–water partition coefficient (Wildman–Crippen LogP) is 9.11. The van der Waals surface area contributed by atoms with Crippen molar-refractivity contribution in [3.05, 3.63) is 47.8 Å². The minimum absolute atomic E-state index is 0.0177. The summed E-state index contributed by atoms with van der Waals surface area (Å²) >= 11 is 0. The number of carbonyl (C=O) groups excluding carboxylic acids is 1. The van der Waals surface area contributed by atoms with Crippen LogP contribution in [0.2, 0.25) is 0 Å². The molecule has 2 aromatic carbocycles. The van der Waals surface area contributed by atoms with E-state index in [2.05, 4.69) is 78.8 Å². The summed E-state index contributed by atoms with van der Waals surface area (Å²) in [7, 11) is -3.67. The minimum atomic E-state index is -3.67. The van der Waals surface area contributed by atoms with Crippen LogP contribution in [0.25, 0.3) is 11.4 Å². The van der Waals surface area contributed by atoms with Gasteiger partial charge in [-0.2, -0.15) is 9.78 Å². The molecule has 0 radical (unpaired) electrons. The number of aromatic nitrogens is 3. The third kappa shape index (κ3) is 10.7. The zero-order valence-corrected chi connectivity index (χ0v) is 32.8. The molecule has 0 aliphatic carbocycles. The Kier molecular flexibility index (Phi) is 14.0. The van der Waals surface area contributed by atoms with Gasteiger partial charge in [0.25, 0.3) is 0 Å². The fourth-order valence-corrected chi connectivity index (χ4v) is 7.52. The van der Waals surface area contributed by atoms with E-state index in [1.807, 2.05) is 13.0 Å². The second-order valence-electron chi connectivity index (χ2n) is 14.5. The zero-order valence-electron chi connectivity index (χ0n) is 32.0. The number of aryl methyl sites for hydroxylation is 1. The van der Waals surface area contributed by atoms with Gasteiger partial charge in [-0.15, -0.1) is 10.2 Å². The second kappa shape index (κ2) is 17.9. The number of sulfonamides is 1. The molecule has 1 amide bonds. The maximum Gasteiger partial charge on any atom is 0.232 e. The third-order valence-electron chi connectivity index (χ3n) is 9.14. The Balaban J connectivity index is 1.62. The Morgan fingerprint density at radius 2 is 1.49 bits per heavy atom. The number of hydrogen-bond donors (Lipinski definition) is 2. The summed E-state index contributed by atoms with van der Waals surface area (Å²) in [5, 5.41) is 16.8. The van der Waals surface area contributed by atoms with E-state index < -0.39 is 10.0 Å². The molecular weight excluding hydrogens is 661 g/mol. The number of carbonyl (C=O) groups is 1. The molecule has 278 valence electrons. The van der Waals surface area contributed by atoms with Crippen molar-refractivity contribution in [3.8, 4) is 11.4 Å². The Morgan fingerprint density at radius 3 is 2.08 bits per heavy atom. The van der Waals surface area contributed by atoms with Gasteiger partial charge in [0.1, 0.15) is 5.71 Å². The molecule has 3 aromatic rings. The molecule has 0 unspecified atom stereocenters. The van der Waals surface area contributed by atoms with Gasteiger partial charge >= 0.3 is 0 Å². The zero-order chi connectivity index (χ0) is 37.2. The van der Waals surface area contributed by atoms with Gasteiger partial charge in [0.05, 0.1) is 22.8 Å². The van der Waals surface area contributed by atoms with Gasteiger partial charge < -0.3 is 10.2 Å². The first-order valence-corrected chi connectivity index (χ1v) is 20.4. The lowest BCUT2D eigenvalue weighted by atomic mass is 9.87. The van der Waals surface area contributed by atoms with Crippen molar-refractivity contribution in [2.24, 2.45) is 15.5 Å². The number of aliphatic imine (C=N–C) groups is 1. The molecule has 2 N–H and O–H groups in total. The normalized spacial score (nSPS) is 13.7. The molecule has 2 heterocycles. The highest BCUT2D eigenvalue weighted by Gasteiger charge is 2.36. The van der Waals surface area contributed by atoms with Crippen molar-refractivity contribution in [2.45, 2.75) is 120 Å². The number of nitrogens with one attached hydrogen (secondary N) is 2. The molecular formula is C39H58N8O3S. The fraction of sp³-hybridized carbons (Fsp3) is 0.564. The van der Waals surface area contributed by atoms with Crippen LogP contribution in [-0.4, -0.2) is 59.5 Å². The summed E-state index contributed by atoms with van der Waals surface area (Å²) in [4.78, 5) is 19.4. The maximum absolute atomic E-state index is 13.4. The molecule has 4 rings (SSSR count). The lowest BCUT2D eigenvalue weighted by Crippen LogP contribution is -2.27. The molecule has 0 bridgehead atoms. The molecule has 12 heteroatoms. The molecule has 1 aliphatic heterocycles. The van der Waals surface area contributed by atoms with Gasteiger partial charge in [0.2, 0.25) is 21.8 Å². The molecule has 0 spiro atoms. The van der Waals surface area contributed by atoms with E-state index in [1.165, 1.54) is 45.4 Å². The number of nitrogens with zero attached hydrogens (tertiary/aromatic N) is 6. The van der Waals surface area contributed by atoms with E-state index in [4.69, 9.17) is 10.1 Å². The largest absolute Gasteiger partial charge is 0.372 e. The molecule has 11 nitrogen and oxygen atoms in total. The maximum atomic E-state index is 13.4. The molecule has 1 aromatic heterocycles. The molecule has 0 saturated carbocycles. The number of benzene rings is 2. The topological polar surface area (TPSA) is 134 Å². The van der Waals surface area contributed by atoms with Crippen LogP contribution in [0.1, 0.15) is 124 Å². The van der Waals surface area contributed by atoms with Gasteiger partial charge in [-0.05, 0) is 69.2 Å². The van der Waals surface area contributed by atoms with E-state index >= 15 is 0 Å². The Hall–Kier alpha value is -4.06. The van der Waals surface area contributed by atoms with E-state index in [1.54, 1.807) is 22.9 Å². The first-order chi connectivity index (χ1) is 24.3. The van der Waals surface area contributed by atoms with Crippen LogP contribution in [0.3, 0.4) is 0 Å². The Bertz CT molecular complexity index is 1820. The summed E-state index contributed by atoms with van der Waals surface area (Å²) in [6.07, 6.45) is 11.2. The summed E-state index contributed by atoms with van der Waals surface area (Å²) < 4.78 is 31.1. The first-order valence-electron chi connectivity index (χ1n) is 18.7. The van der Waals surface area contributed by atoms with Gasteiger partial charge in [0.15, 0.2) is 5.82 Å². The average Bonchev–Trinajstić information content (AvgIpc) is 3.64. The van der Waals surface area contributed by atoms with E-state index in [0.717, 1.165) is 55.0 Å². The van der Waals surface area contributed by atoms with Gasteiger partial charge in [0, 0.05) is 42.4 Å². The van der Waals surface area contributed by atoms with Crippen molar-refractivity contribution >= 4 is 50.1 Å². The third-order valence-corrected chi connectivity index (χ3v) is 10.5. The summed E-state index contributed by atoms with van der Waals surface area (Å²) in [5.74, 6) is 0.580. The molecule has 0 saturated heterocycles. The van der Waals surface area contributed by atoms with Crippen LogP contribution in [0.4, 0.5) is 22.7 Å². The highest BCUT2D eigenvalue weighted by atomic mass is 32.2. The lowest BCUT2D eigenvalue weighted by Gasteiger charge is -2.22. The number of hydrogen-bond acceptors (Lipinski definition) is 8. The minimum Gasteiger partial charge on any atom is -0.372 e. The van der Waals surface area contributed by atoms with Crippen LogP contribution >= 0.6 is 0 Å². The van der Waals surface area contributed by atoms with Crippen LogP contribution in [0.15, 0.2) is 46.5 Å². The van der Waals surface area contributed by atoms with Gasteiger partial charge in [-0.3, -0.25) is 9.52 Å². The van der Waals surface area contributed by atoms with Gasteiger partial charge in [-0.1, -0.05) is 85.5 Å². The van der Waals surface area contributed by atoms with E-state index in [9.17, 15) is 13.2 Å². The monoisotopic (exact) mass is 718 g/mol. The Morgan fingerprint density at radius 1 is 0.863 bits per heavy atom. The summed E-state index contributed by atoms with van der Waals surface area (Å²) in [6, 6.07) is 11.3. The lowest BCUT2D eigenvalue weighted by molar-refractivity contribution is -0.114. The van der Waals surface area contributed by atoms with Crippen molar-refractivity contribution < 1.29 is 13.2 Å². The number of rotatable bonds is 19. The molecule has 0 atom stereocenters. The van der Waals surface area contributed by atoms with Crippen molar-refractivity contribution in [1.82, 2.24) is 14.9 Å². The fourth-order valence-electron chi connectivity index (χ4n) is 6.32. The molecule has 0 fully saturated rings. The van der Waals surface area contributed by atoms with E-state index in [0.29, 0.717) is 40.7 Å². The smallest absolute Gasteiger partial charge is 0.232 e.